The van der Waals surface area contributed by atoms with Gasteiger partial charge in [-0.15, -0.1) is 0 Å². The number of rotatable bonds is 2. The van der Waals surface area contributed by atoms with Crippen molar-refractivity contribution in [2.75, 3.05) is 32.8 Å². The SMILES string of the molecule is O=C1OC23CCC(CC2)N(C(=O)N2CCOCC2)C3CN1Cc1ccccc1. The van der Waals surface area contributed by atoms with Crippen molar-refractivity contribution in [2.45, 2.75) is 49.9 Å². The summed E-state index contributed by atoms with van der Waals surface area (Å²) in [5, 5.41) is 0. The van der Waals surface area contributed by atoms with E-state index in [2.05, 4.69) is 0 Å². The molecule has 150 valence electrons. The van der Waals surface area contributed by atoms with Gasteiger partial charge in [-0.1, -0.05) is 30.3 Å². The summed E-state index contributed by atoms with van der Waals surface area (Å²) in [6, 6.07) is 10.2. The lowest BCUT2D eigenvalue weighted by Crippen LogP contribution is -2.74. The molecule has 1 aromatic rings. The van der Waals surface area contributed by atoms with Crippen LogP contribution in [-0.2, 0) is 16.0 Å². The standard InChI is InChI=1S/C21H27N3O4/c25-19(22-10-12-27-13-11-22)24-17-6-8-21(9-7-17)18(24)15-23(20(26)28-21)14-16-4-2-1-3-5-16/h1-5,17-18H,6-15H2. The molecule has 0 radical (unpaired) electrons. The van der Waals surface area contributed by atoms with Gasteiger partial charge < -0.3 is 24.2 Å². The molecule has 1 atom stereocenters. The number of carbonyl (C=O) groups is 2. The number of fused-ring (bicyclic) bond motifs is 2. The number of ether oxygens (including phenoxy) is 2. The molecule has 0 N–H and O–H groups in total. The molecule has 4 heterocycles. The Bertz CT molecular complexity index is 741. The highest BCUT2D eigenvalue weighted by molar-refractivity contribution is 5.77. The van der Waals surface area contributed by atoms with Gasteiger partial charge in [-0.2, -0.15) is 0 Å². The van der Waals surface area contributed by atoms with E-state index in [-0.39, 0.29) is 24.2 Å². The van der Waals surface area contributed by atoms with E-state index in [9.17, 15) is 9.59 Å². The van der Waals surface area contributed by atoms with Crippen molar-refractivity contribution in [3.05, 3.63) is 35.9 Å². The summed E-state index contributed by atoms with van der Waals surface area (Å²) in [6.07, 6.45) is 3.30. The van der Waals surface area contributed by atoms with Crippen molar-refractivity contribution in [3.63, 3.8) is 0 Å². The molecule has 1 aliphatic carbocycles. The lowest BCUT2D eigenvalue weighted by molar-refractivity contribution is -0.166. The fourth-order valence-electron chi connectivity index (χ4n) is 5.30. The first-order valence-corrected chi connectivity index (χ1v) is 10.3. The molecule has 7 nitrogen and oxygen atoms in total. The zero-order valence-electron chi connectivity index (χ0n) is 16.1. The Kier molecular flexibility index (Phi) is 4.42. The van der Waals surface area contributed by atoms with Crippen LogP contribution in [0.2, 0.25) is 0 Å². The van der Waals surface area contributed by atoms with Crippen LogP contribution in [0, 0.1) is 0 Å². The number of hydrogen-bond donors (Lipinski definition) is 0. The lowest BCUT2D eigenvalue weighted by Gasteiger charge is -2.60. The van der Waals surface area contributed by atoms with Crippen LogP contribution in [0.25, 0.3) is 0 Å². The molecule has 28 heavy (non-hydrogen) atoms. The molecule has 6 rings (SSSR count). The summed E-state index contributed by atoms with van der Waals surface area (Å²) < 4.78 is 11.5. The zero-order valence-corrected chi connectivity index (χ0v) is 16.1. The topological polar surface area (TPSA) is 62.3 Å². The Morgan fingerprint density at radius 3 is 2.54 bits per heavy atom. The molecule has 3 amide bonds. The van der Waals surface area contributed by atoms with Crippen LogP contribution in [0.3, 0.4) is 0 Å². The van der Waals surface area contributed by atoms with E-state index in [0.717, 1.165) is 31.2 Å². The number of morpholine rings is 1. The Labute approximate surface area is 165 Å². The predicted octanol–water partition coefficient (Wildman–Crippen LogP) is 2.46. The average Bonchev–Trinajstić information content (AvgIpc) is 2.74. The number of benzene rings is 1. The van der Waals surface area contributed by atoms with Crippen molar-refractivity contribution >= 4 is 12.1 Å². The van der Waals surface area contributed by atoms with E-state index in [0.29, 0.717) is 39.4 Å². The number of urea groups is 1. The first-order chi connectivity index (χ1) is 13.7. The molecule has 7 heteroatoms. The summed E-state index contributed by atoms with van der Waals surface area (Å²) in [4.78, 5) is 31.9. The second-order valence-corrected chi connectivity index (χ2v) is 8.34. The summed E-state index contributed by atoms with van der Waals surface area (Å²) in [7, 11) is 0. The van der Waals surface area contributed by atoms with Crippen molar-refractivity contribution in [1.29, 1.82) is 0 Å². The van der Waals surface area contributed by atoms with E-state index in [4.69, 9.17) is 9.47 Å². The van der Waals surface area contributed by atoms with Crippen LogP contribution in [0.1, 0.15) is 31.2 Å². The van der Waals surface area contributed by atoms with Crippen LogP contribution in [0.4, 0.5) is 9.59 Å². The third-order valence-electron chi connectivity index (χ3n) is 6.80. The quantitative estimate of drug-likeness (QED) is 0.785. The molecule has 1 spiro atoms. The maximum Gasteiger partial charge on any atom is 0.410 e. The van der Waals surface area contributed by atoms with E-state index in [1.54, 1.807) is 4.90 Å². The molecule has 2 bridgehead atoms. The molecule has 5 aliphatic rings. The summed E-state index contributed by atoms with van der Waals surface area (Å²) in [6.45, 7) is 3.51. The Balaban J connectivity index is 1.40. The third kappa shape index (κ3) is 2.92. The molecule has 1 aromatic carbocycles. The third-order valence-corrected chi connectivity index (χ3v) is 6.80. The van der Waals surface area contributed by atoms with E-state index >= 15 is 0 Å². The highest BCUT2D eigenvalue weighted by Crippen LogP contribution is 2.48. The fraction of sp³-hybridized carbons (Fsp3) is 0.619. The maximum absolute atomic E-state index is 13.4. The first kappa shape index (κ1) is 17.8. The lowest BCUT2D eigenvalue weighted by atomic mass is 9.70. The maximum atomic E-state index is 13.4. The Morgan fingerprint density at radius 2 is 1.82 bits per heavy atom. The second-order valence-electron chi connectivity index (χ2n) is 8.34. The highest BCUT2D eigenvalue weighted by atomic mass is 16.6. The molecule has 5 fully saturated rings. The largest absolute Gasteiger partial charge is 0.441 e. The van der Waals surface area contributed by atoms with Crippen LogP contribution >= 0.6 is 0 Å². The Morgan fingerprint density at radius 1 is 1.11 bits per heavy atom. The molecule has 4 aliphatic heterocycles. The van der Waals surface area contributed by atoms with Gasteiger partial charge >= 0.3 is 12.1 Å². The number of hydrogen-bond acceptors (Lipinski definition) is 4. The zero-order chi connectivity index (χ0) is 19.1. The minimum absolute atomic E-state index is 0.0724. The van der Waals surface area contributed by atoms with Crippen LogP contribution in [0.15, 0.2) is 30.3 Å². The van der Waals surface area contributed by atoms with Gasteiger partial charge in [0.05, 0.1) is 19.3 Å². The number of nitrogens with zero attached hydrogens (tertiary/aromatic N) is 3. The van der Waals surface area contributed by atoms with Gasteiger partial charge in [0.1, 0.15) is 5.60 Å². The van der Waals surface area contributed by atoms with Gasteiger partial charge in [-0.3, -0.25) is 0 Å². The average molecular weight is 385 g/mol. The van der Waals surface area contributed by atoms with Crippen LogP contribution in [0.5, 0.6) is 0 Å². The molecule has 4 saturated heterocycles. The number of amides is 3. The minimum Gasteiger partial charge on any atom is -0.441 e. The van der Waals surface area contributed by atoms with E-state index in [1.165, 1.54) is 0 Å². The van der Waals surface area contributed by atoms with Crippen LogP contribution in [-0.4, -0.2) is 77.4 Å². The van der Waals surface area contributed by atoms with Gasteiger partial charge in [-0.05, 0) is 31.2 Å². The van der Waals surface area contributed by atoms with E-state index in [1.807, 2.05) is 40.1 Å². The van der Waals surface area contributed by atoms with Crippen molar-refractivity contribution in [2.24, 2.45) is 0 Å². The second kappa shape index (κ2) is 6.95. The molecular weight excluding hydrogens is 358 g/mol. The van der Waals surface area contributed by atoms with Crippen molar-refractivity contribution < 1.29 is 19.1 Å². The van der Waals surface area contributed by atoms with Gasteiger partial charge in [0.25, 0.3) is 0 Å². The normalized spacial score (nSPS) is 32.1. The van der Waals surface area contributed by atoms with Crippen molar-refractivity contribution in [3.8, 4) is 0 Å². The number of carbonyl (C=O) groups excluding carboxylic acids is 2. The first-order valence-electron chi connectivity index (χ1n) is 10.3. The number of piperidine rings is 2. The monoisotopic (exact) mass is 385 g/mol. The summed E-state index contributed by atoms with van der Waals surface area (Å²) >= 11 is 0. The van der Waals surface area contributed by atoms with Gasteiger partial charge in [0.15, 0.2) is 0 Å². The predicted molar refractivity (Wildman–Crippen MR) is 102 cm³/mol. The van der Waals surface area contributed by atoms with Gasteiger partial charge in [0, 0.05) is 32.2 Å². The molecule has 0 aromatic heterocycles. The molecular formula is C21H27N3O4. The molecule has 1 saturated carbocycles. The van der Waals surface area contributed by atoms with Crippen LogP contribution < -0.4 is 0 Å². The minimum atomic E-state index is -0.513. The van der Waals surface area contributed by atoms with E-state index < -0.39 is 5.60 Å². The van der Waals surface area contributed by atoms with Gasteiger partial charge in [-0.25, -0.2) is 9.59 Å². The van der Waals surface area contributed by atoms with Gasteiger partial charge in [0.2, 0.25) is 0 Å². The Hall–Kier alpha value is -2.28. The highest BCUT2D eigenvalue weighted by Gasteiger charge is 2.59. The summed E-state index contributed by atoms with van der Waals surface area (Å²) in [5.41, 5.74) is 0.559. The van der Waals surface area contributed by atoms with Crippen molar-refractivity contribution in [1.82, 2.24) is 14.7 Å². The fourth-order valence-corrected chi connectivity index (χ4v) is 5.30. The summed E-state index contributed by atoms with van der Waals surface area (Å²) in [5.74, 6) is 0. The molecule has 1 unspecified atom stereocenters. The smallest absolute Gasteiger partial charge is 0.410 e.